The minimum atomic E-state index is 0.592. The molecule has 70 valence electrons. The zero-order chi connectivity index (χ0) is 9.42. The Balaban J connectivity index is 2.40. The van der Waals surface area contributed by atoms with E-state index in [9.17, 15) is 0 Å². The van der Waals surface area contributed by atoms with Crippen molar-refractivity contribution in [1.29, 1.82) is 0 Å². The molecule has 1 aromatic carbocycles. The summed E-state index contributed by atoms with van der Waals surface area (Å²) in [6, 6.07) is 6.46. The predicted molar refractivity (Wildman–Crippen MR) is 54.3 cm³/mol. The molecular formula is C12H16O. The third-order valence-corrected chi connectivity index (χ3v) is 2.79. The van der Waals surface area contributed by atoms with E-state index in [0.29, 0.717) is 11.8 Å². The highest BCUT2D eigenvalue weighted by Gasteiger charge is 2.26. The number of aryl methyl sites for hydroxylation is 1. The van der Waals surface area contributed by atoms with E-state index in [0.717, 1.165) is 12.4 Å². The monoisotopic (exact) mass is 176 g/mol. The second-order valence-electron chi connectivity index (χ2n) is 4.20. The molecule has 0 aliphatic carbocycles. The third-order valence-electron chi connectivity index (χ3n) is 2.79. The van der Waals surface area contributed by atoms with E-state index < -0.39 is 0 Å². The van der Waals surface area contributed by atoms with Gasteiger partial charge in [-0.25, -0.2) is 0 Å². The summed E-state index contributed by atoms with van der Waals surface area (Å²) in [6.45, 7) is 7.50. The number of benzene rings is 1. The molecular weight excluding hydrogens is 160 g/mol. The van der Waals surface area contributed by atoms with Gasteiger partial charge in [-0.1, -0.05) is 31.5 Å². The van der Waals surface area contributed by atoms with E-state index in [-0.39, 0.29) is 0 Å². The molecule has 1 heterocycles. The number of hydrogen-bond acceptors (Lipinski definition) is 1. The van der Waals surface area contributed by atoms with Crippen LogP contribution in [0.4, 0.5) is 0 Å². The van der Waals surface area contributed by atoms with Crippen LogP contribution < -0.4 is 4.74 Å². The lowest BCUT2D eigenvalue weighted by molar-refractivity contribution is 0.304. The Kier molecular flexibility index (Phi) is 2.03. The van der Waals surface area contributed by atoms with Crippen molar-refractivity contribution in [3.63, 3.8) is 0 Å². The van der Waals surface area contributed by atoms with Crippen LogP contribution in [0.1, 0.15) is 30.9 Å². The summed E-state index contributed by atoms with van der Waals surface area (Å²) >= 11 is 0. The van der Waals surface area contributed by atoms with Crippen molar-refractivity contribution in [3.05, 3.63) is 29.3 Å². The van der Waals surface area contributed by atoms with Gasteiger partial charge in [0.1, 0.15) is 5.75 Å². The van der Waals surface area contributed by atoms with Gasteiger partial charge < -0.3 is 4.74 Å². The van der Waals surface area contributed by atoms with E-state index in [2.05, 4.69) is 39.0 Å². The van der Waals surface area contributed by atoms with Crippen molar-refractivity contribution < 1.29 is 4.74 Å². The van der Waals surface area contributed by atoms with Crippen molar-refractivity contribution >= 4 is 0 Å². The third kappa shape index (κ3) is 1.43. The lowest BCUT2D eigenvalue weighted by Crippen LogP contribution is -2.07. The highest BCUT2D eigenvalue weighted by Crippen LogP contribution is 2.38. The van der Waals surface area contributed by atoms with Crippen LogP contribution in [0.5, 0.6) is 5.75 Å². The molecule has 0 bridgehead atoms. The quantitative estimate of drug-likeness (QED) is 0.638. The fourth-order valence-electron chi connectivity index (χ4n) is 1.91. The summed E-state index contributed by atoms with van der Waals surface area (Å²) in [6.07, 6.45) is 0. The van der Waals surface area contributed by atoms with E-state index in [1.165, 1.54) is 11.1 Å². The molecule has 1 heteroatoms. The molecule has 0 amide bonds. The van der Waals surface area contributed by atoms with Crippen LogP contribution >= 0.6 is 0 Å². The Hall–Kier alpha value is -0.980. The molecule has 0 radical (unpaired) electrons. The van der Waals surface area contributed by atoms with Crippen LogP contribution in [-0.4, -0.2) is 6.61 Å². The molecule has 0 spiro atoms. The van der Waals surface area contributed by atoms with Gasteiger partial charge in [0.05, 0.1) is 6.61 Å². The minimum absolute atomic E-state index is 0.592. The summed E-state index contributed by atoms with van der Waals surface area (Å²) < 4.78 is 5.63. The predicted octanol–water partition coefficient (Wildman–Crippen LogP) is 3.13. The van der Waals surface area contributed by atoms with E-state index in [4.69, 9.17) is 4.74 Å². The van der Waals surface area contributed by atoms with Gasteiger partial charge in [0, 0.05) is 11.5 Å². The Bertz CT molecular complexity index is 315. The zero-order valence-electron chi connectivity index (χ0n) is 8.50. The van der Waals surface area contributed by atoms with Crippen LogP contribution in [0.2, 0.25) is 0 Å². The largest absolute Gasteiger partial charge is 0.493 e. The summed E-state index contributed by atoms with van der Waals surface area (Å²) in [5.41, 5.74) is 2.73. The minimum Gasteiger partial charge on any atom is -0.493 e. The molecule has 1 aliphatic rings. The number of ether oxygens (including phenoxy) is 1. The Labute approximate surface area is 79.7 Å². The summed E-state index contributed by atoms with van der Waals surface area (Å²) in [7, 11) is 0. The smallest absolute Gasteiger partial charge is 0.122 e. The van der Waals surface area contributed by atoms with E-state index in [1.807, 2.05) is 0 Å². The Morgan fingerprint density at radius 3 is 2.85 bits per heavy atom. The van der Waals surface area contributed by atoms with Crippen molar-refractivity contribution in [1.82, 2.24) is 0 Å². The molecule has 1 atom stereocenters. The standard InChI is InChI=1S/C12H16O/c1-8(2)11-7-13-12-5-4-9(3)6-10(11)12/h4-6,8,11H,7H2,1-3H3. The fraction of sp³-hybridized carbons (Fsp3) is 0.500. The van der Waals surface area contributed by atoms with Gasteiger partial charge in [-0.3, -0.25) is 0 Å². The topological polar surface area (TPSA) is 9.23 Å². The number of rotatable bonds is 1. The molecule has 1 nitrogen and oxygen atoms in total. The Morgan fingerprint density at radius 1 is 1.38 bits per heavy atom. The maximum absolute atomic E-state index is 5.63. The molecule has 13 heavy (non-hydrogen) atoms. The molecule has 0 saturated heterocycles. The van der Waals surface area contributed by atoms with Crippen LogP contribution in [0.25, 0.3) is 0 Å². The highest BCUT2D eigenvalue weighted by molar-refractivity contribution is 5.42. The SMILES string of the molecule is Cc1ccc2c(c1)C(C(C)C)CO2. The van der Waals surface area contributed by atoms with Crippen molar-refractivity contribution in [2.75, 3.05) is 6.61 Å². The molecule has 1 aliphatic heterocycles. The van der Waals surface area contributed by atoms with Crippen molar-refractivity contribution in [2.24, 2.45) is 5.92 Å². The van der Waals surface area contributed by atoms with E-state index in [1.54, 1.807) is 0 Å². The second-order valence-corrected chi connectivity index (χ2v) is 4.20. The van der Waals surface area contributed by atoms with Crippen LogP contribution in [0.3, 0.4) is 0 Å². The lowest BCUT2D eigenvalue weighted by atomic mass is 9.90. The van der Waals surface area contributed by atoms with E-state index >= 15 is 0 Å². The first-order valence-electron chi connectivity index (χ1n) is 4.92. The summed E-state index contributed by atoms with van der Waals surface area (Å²) in [5.74, 6) is 2.35. The van der Waals surface area contributed by atoms with Crippen LogP contribution in [-0.2, 0) is 0 Å². The second kappa shape index (κ2) is 3.06. The molecule has 0 fully saturated rings. The number of hydrogen-bond donors (Lipinski definition) is 0. The molecule has 1 aromatic rings. The van der Waals surface area contributed by atoms with Crippen LogP contribution in [0.15, 0.2) is 18.2 Å². The van der Waals surface area contributed by atoms with Crippen LogP contribution in [0, 0.1) is 12.8 Å². The molecule has 0 aromatic heterocycles. The first-order chi connectivity index (χ1) is 6.18. The molecule has 1 unspecified atom stereocenters. The zero-order valence-corrected chi connectivity index (χ0v) is 8.50. The average Bonchev–Trinajstić information content (AvgIpc) is 2.46. The van der Waals surface area contributed by atoms with Gasteiger partial charge in [0.25, 0.3) is 0 Å². The summed E-state index contributed by atoms with van der Waals surface area (Å²) in [5, 5.41) is 0. The van der Waals surface area contributed by atoms with Gasteiger partial charge in [-0.15, -0.1) is 0 Å². The van der Waals surface area contributed by atoms with Crippen molar-refractivity contribution in [3.8, 4) is 5.75 Å². The molecule has 2 rings (SSSR count). The fourth-order valence-corrected chi connectivity index (χ4v) is 1.91. The molecule has 0 N–H and O–H groups in total. The average molecular weight is 176 g/mol. The van der Waals surface area contributed by atoms with Gasteiger partial charge in [-0.2, -0.15) is 0 Å². The first kappa shape index (κ1) is 8.61. The number of fused-ring (bicyclic) bond motifs is 1. The maximum atomic E-state index is 5.63. The normalized spacial score (nSPS) is 20.2. The summed E-state index contributed by atoms with van der Waals surface area (Å²) in [4.78, 5) is 0. The first-order valence-corrected chi connectivity index (χ1v) is 4.92. The molecule has 0 saturated carbocycles. The van der Waals surface area contributed by atoms with Gasteiger partial charge in [0.2, 0.25) is 0 Å². The Morgan fingerprint density at radius 2 is 2.15 bits per heavy atom. The lowest BCUT2D eigenvalue weighted by Gasteiger charge is -2.12. The van der Waals surface area contributed by atoms with Gasteiger partial charge >= 0.3 is 0 Å². The highest BCUT2D eigenvalue weighted by atomic mass is 16.5. The van der Waals surface area contributed by atoms with Gasteiger partial charge in [0.15, 0.2) is 0 Å². The maximum Gasteiger partial charge on any atom is 0.122 e. The van der Waals surface area contributed by atoms with Gasteiger partial charge in [-0.05, 0) is 18.9 Å². The van der Waals surface area contributed by atoms with Crippen molar-refractivity contribution in [2.45, 2.75) is 26.7 Å².